The molecule has 170 valence electrons. The summed E-state index contributed by atoms with van der Waals surface area (Å²) >= 11 is 1.32. The molecule has 8 nitrogen and oxygen atoms in total. The minimum absolute atomic E-state index is 0.0210. The highest BCUT2D eigenvalue weighted by Gasteiger charge is 2.28. The second-order valence-electron chi connectivity index (χ2n) is 7.49. The van der Waals surface area contributed by atoms with Crippen LogP contribution < -0.4 is 10.1 Å². The number of aliphatic hydroxyl groups is 1. The molecule has 1 aromatic carbocycles. The van der Waals surface area contributed by atoms with Gasteiger partial charge in [0.1, 0.15) is 23.4 Å². The third-order valence-electron chi connectivity index (χ3n) is 5.23. The second-order valence-corrected chi connectivity index (χ2v) is 8.59. The summed E-state index contributed by atoms with van der Waals surface area (Å²) in [5.74, 6) is 0.581. The van der Waals surface area contributed by atoms with Crippen LogP contribution in [0.25, 0.3) is 0 Å². The zero-order valence-corrected chi connectivity index (χ0v) is 19.0. The lowest BCUT2D eigenvalue weighted by atomic mass is 9.97. The first-order valence-corrected chi connectivity index (χ1v) is 11.4. The summed E-state index contributed by atoms with van der Waals surface area (Å²) < 4.78 is 10.5. The van der Waals surface area contributed by atoms with E-state index < -0.39 is 6.09 Å². The molecule has 32 heavy (non-hydrogen) atoms. The van der Waals surface area contributed by atoms with Crippen molar-refractivity contribution in [3.8, 4) is 11.8 Å². The van der Waals surface area contributed by atoms with E-state index in [4.69, 9.17) is 14.6 Å². The Hall–Kier alpha value is -3.09. The number of aliphatic hydroxyl groups excluding tert-OH is 1. The van der Waals surface area contributed by atoms with Crippen LogP contribution in [-0.4, -0.2) is 48.4 Å². The Morgan fingerprint density at radius 3 is 2.94 bits per heavy atom. The van der Waals surface area contributed by atoms with E-state index in [1.807, 2.05) is 38.1 Å². The predicted octanol–water partition coefficient (Wildman–Crippen LogP) is 3.64. The number of thiophene rings is 1. The van der Waals surface area contributed by atoms with E-state index in [-0.39, 0.29) is 31.5 Å². The highest BCUT2D eigenvalue weighted by Crippen LogP contribution is 2.37. The van der Waals surface area contributed by atoms with Crippen LogP contribution in [0, 0.1) is 11.3 Å². The highest BCUT2D eigenvalue weighted by molar-refractivity contribution is 7.16. The van der Waals surface area contributed by atoms with E-state index in [9.17, 15) is 14.9 Å². The maximum atomic E-state index is 12.7. The maximum Gasteiger partial charge on any atom is 0.410 e. The van der Waals surface area contributed by atoms with Crippen LogP contribution in [0.2, 0.25) is 0 Å². The lowest BCUT2D eigenvalue weighted by Gasteiger charge is -2.26. The van der Waals surface area contributed by atoms with Gasteiger partial charge in [0.15, 0.2) is 0 Å². The van der Waals surface area contributed by atoms with Crippen LogP contribution in [0.1, 0.15) is 47.8 Å². The zero-order chi connectivity index (χ0) is 23.1. The molecule has 0 saturated heterocycles. The number of anilines is 1. The van der Waals surface area contributed by atoms with Gasteiger partial charge in [-0.3, -0.25) is 4.79 Å². The first-order chi connectivity index (χ1) is 15.5. The van der Waals surface area contributed by atoms with Crippen LogP contribution in [-0.2, 0) is 22.5 Å². The number of carbonyl (C=O) groups excluding carboxylic acids is 2. The molecule has 0 spiro atoms. The van der Waals surface area contributed by atoms with Crippen LogP contribution in [0.4, 0.5) is 9.80 Å². The third-order valence-corrected chi connectivity index (χ3v) is 6.36. The molecule has 1 atom stereocenters. The van der Waals surface area contributed by atoms with Crippen LogP contribution >= 0.6 is 11.3 Å². The Balaban J connectivity index is 1.67. The smallest absolute Gasteiger partial charge is 0.410 e. The van der Waals surface area contributed by atoms with Crippen LogP contribution in [0.15, 0.2) is 24.3 Å². The molecule has 0 radical (unpaired) electrons. The molecule has 1 unspecified atom stereocenters. The minimum atomic E-state index is -0.495. The molecular weight excluding hydrogens is 430 g/mol. The van der Waals surface area contributed by atoms with Gasteiger partial charge in [-0.25, -0.2) is 4.79 Å². The van der Waals surface area contributed by atoms with E-state index >= 15 is 0 Å². The van der Waals surface area contributed by atoms with Crippen molar-refractivity contribution in [2.45, 2.75) is 39.2 Å². The Kier molecular flexibility index (Phi) is 8.09. The van der Waals surface area contributed by atoms with Crippen LogP contribution in [0.5, 0.6) is 5.75 Å². The normalized spacial score (nSPS) is 13.6. The summed E-state index contributed by atoms with van der Waals surface area (Å²) in [4.78, 5) is 27.2. The van der Waals surface area contributed by atoms with E-state index in [0.29, 0.717) is 36.7 Å². The molecule has 0 bridgehead atoms. The van der Waals surface area contributed by atoms with Crippen LogP contribution in [0.3, 0.4) is 0 Å². The van der Waals surface area contributed by atoms with Crippen molar-refractivity contribution in [2.24, 2.45) is 0 Å². The molecule has 0 saturated carbocycles. The molecule has 1 aliphatic heterocycles. The van der Waals surface area contributed by atoms with Crippen molar-refractivity contribution in [1.29, 1.82) is 5.26 Å². The standard InChI is InChI=1S/C23H27N3O5S/c1-3-30-17-6-4-5-16(12-17)15(2)11-21(28)25-22-19(13-24)18-7-8-26(14-20(18)32-22)23(29)31-10-9-27/h4-6,12,15,27H,3,7-11,14H2,1-2H3,(H,25,28). The quantitative estimate of drug-likeness (QED) is 0.626. The number of benzene rings is 1. The van der Waals surface area contributed by atoms with Gasteiger partial charge in [-0.05, 0) is 42.5 Å². The summed E-state index contributed by atoms with van der Waals surface area (Å²) in [5.41, 5.74) is 2.35. The molecule has 2 N–H and O–H groups in total. The van der Waals surface area contributed by atoms with E-state index in [1.54, 1.807) is 0 Å². The monoisotopic (exact) mass is 457 g/mol. The first-order valence-electron chi connectivity index (χ1n) is 10.6. The van der Waals surface area contributed by atoms with Gasteiger partial charge in [0.2, 0.25) is 5.91 Å². The van der Waals surface area contributed by atoms with Gasteiger partial charge in [0.05, 0.1) is 25.3 Å². The number of hydrogen-bond donors (Lipinski definition) is 2. The fourth-order valence-electron chi connectivity index (χ4n) is 3.64. The molecule has 2 amide bonds. The Morgan fingerprint density at radius 2 is 2.22 bits per heavy atom. The average molecular weight is 458 g/mol. The fourth-order valence-corrected chi connectivity index (χ4v) is 4.87. The van der Waals surface area contributed by atoms with Crippen molar-refractivity contribution < 1.29 is 24.2 Å². The van der Waals surface area contributed by atoms with Crippen molar-refractivity contribution in [3.63, 3.8) is 0 Å². The molecule has 2 aromatic rings. The SMILES string of the molecule is CCOc1cccc(C(C)CC(=O)Nc2sc3c(c2C#N)CCN(C(=O)OCCO)C3)c1. The topological polar surface area (TPSA) is 112 Å². The molecule has 0 fully saturated rings. The Labute approximate surface area is 191 Å². The van der Waals surface area contributed by atoms with Gasteiger partial charge in [0.25, 0.3) is 0 Å². The van der Waals surface area contributed by atoms with Crippen molar-refractivity contribution in [3.05, 3.63) is 45.8 Å². The summed E-state index contributed by atoms with van der Waals surface area (Å²) in [7, 11) is 0. The number of rotatable bonds is 8. The predicted molar refractivity (Wildman–Crippen MR) is 121 cm³/mol. The number of nitrogens with zero attached hydrogens (tertiary/aromatic N) is 2. The van der Waals surface area contributed by atoms with E-state index in [2.05, 4.69) is 11.4 Å². The van der Waals surface area contributed by atoms with Gasteiger partial charge in [-0.1, -0.05) is 19.1 Å². The lowest BCUT2D eigenvalue weighted by molar-refractivity contribution is -0.116. The summed E-state index contributed by atoms with van der Waals surface area (Å²) in [6.07, 6.45) is 0.285. The molecule has 9 heteroatoms. The largest absolute Gasteiger partial charge is 0.494 e. The third kappa shape index (κ3) is 5.58. The van der Waals surface area contributed by atoms with Gasteiger partial charge in [0, 0.05) is 17.8 Å². The number of nitrogens with one attached hydrogen (secondary N) is 1. The molecule has 2 heterocycles. The summed E-state index contributed by atoms with van der Waals surface area (Å²) in [6.45, 7) is 4.93. The van der Waals surface area contributed by atoms with Gasteiger partial charge >= 0.3 is 6.09 Å². The summed E-state index contributed by atoms with van der Waals surface area (Å²) in [5, 5.41) is 21.9. The first kappa shape index (κ1) is 23.6. The Morgan fingerprint density at radius 1 is 1.41 bits per heavy atom. The Bertz CT molecular complexity index is 1010. The van der Waals surface area contributed by atoms with E-state index in [0.717, 1.165) is 21.8 Å². The second kappa shape index (κ2) is 11.0. The van der Waals surface area contributed by atoms with Gasteiger partial charge in [-0.15, -0.1) is 11.3 Å². The van der Waals surface area contributed by atoms with Crippen molar-refractivity contribution in [1.82, 2.24) is 4.90 Å². The molecule has 3 rings (SSSR count). The van der Waals surface area contributed by atoms with Crippen molar-refractivity contribution in [2.75, 3.05) is 31.7 Å². The number of nitriles is 1. The molecule has 1 aromatic heterocycles. The van der Waals surface area contributed by atoms with E-state index in [1.165, 1.54) is 16.2 Å². The van der Waals surface area contributed by atoms with Gasteiger partial charge < -0.3 is 24.8 Å². The fraction of sp³-hybridized carbons (Fsp3) is 0.435. The van der Waals surface area contributed by atoms with Crippen molar-refractivity contribution >= 4 is 28.3 Å². The van der Waals surface area contributed by atoms with Gasteiger partial charge in [-0.2, -0.15) is 5.26 Å². The number of hydrogen-bond acceptors (Lipinski definition) is 7. The number of ether oxygens (including phenoxy) is 2. The minimum Gasteiger partial charge on any atom is -0.494 e. The molecular formula is C23H27N3O5S. The zero-order valence-electron chi connectivity index (χ0n) is 18.2. The maximum absolute atomic E-state index is 12.7. The molecule has 1 aliphatic rings. The highest BCUT2D eigenvalue weighted by atomic mass is 32.1. The average Bonchev–Trinajstić information content (AvgIpc) is 3.13. The lowest BCUT2D eigenvalue weighted by Crippen LogP contribution is -2.36. The number of carbonyl (C=O) groups is 2. The number of amides is 2. The molecule has 0 aliphatic carbocycles. The number of fused-ring (bicyclic) bond motifs is 1. The summed E-state index contributed by atoms with van der Waals surface area (Å²) in [6, 6.07) is 9.91.